The molecule has 8 nitrogen and oxygen atoms in total. The van der Waals surface area contributed by atoms with Crippen LogP contribution in [-0.4, -0.2) is 31.3 Å². The number of pyridine rings is 1. The van der Waals surface area contributed by atoms with Gasteiger partial charge in [0.2, 0.25) is 0 Å². The van der Waals surface area contributed by atoms with Crippen LogP contribution in [0.4, 0.5) is 10.1 Å². The van der Waals surface area contributed by atoms with Crippen molar-refractivity contribution >= 4 is 11.6 Å². The summed E-state index contributed by atoms with van der Waals surface area (Å²) >= 11 is 0. The highest BCUT2D eigenvalue weighted by atomic mass is 19.1. The molecule has 0 fully saturated rings. The van der Waals surface area contributed by atoms with Crippen molar-refractivity contribution in [3.63, 3.8) is 0 Å². The Morgan fingerprint density at radius 3 is 2.88 bits per heavy atom. The summed E-state index contributed by atoms with van der Waals surface area (Å²) in [6.45, 7) is 6.33. The number of halogens is 1. The third kappa shape index (κ3) is 4.67. The van der Waals surface area contributed by atoms with Gasteiger partial charge in [0.25, 0.3) is 5.91 Å². The van der Waals surface area contributed by atoms with Crippen molar-refractivity contribution in [2.75, 3.05) is 5.32 Å². The zero-order chi connectivity index (χ0) is 23.5. The molecule has 33 heavy (non-hydrogen) atoms. The van der Waals surface area contributed by atoms with Gasteiger partial charge in [-0.15, -0.1) is 5.10 Å². The number of nitrogens with one attached hydrogen (secondary N) is 1. The van der Waals surface area contributed by atoms with Crippen molar-refractivity contribution in [1.82, 2.24) is 19.3 Å². The minimum Gasteiger partial charge on any atom is -0.490 e. The Labute approximate surface area is 191 Å². The summed E-state index contributed by atoms with van der Waals surface area (Å²) < 4.78 is 24.0. The van der Waals surface area contributed by atoms with E-state index in [0.717, 1.165) is 42.0 Å². The number of fused-ring (bicyclic) bond motifs is 1. The topological polar surface area (TPSA) is 91.0 Å². The summed E-state index contributed by atoms with van der Waals surface area (Å²) in [7, 11) is 0. The minimum absolute atomic E-state index is 0.0327. The van der Waals surface area contributed by atoms with E-state index in [-0.39, 0.29) is 28.8 Å². The number of carbonyl (C=O) groups is 1. The van der Waals surface area contributed by atoms with Crippen molar-refractivity contribution in [3.8, 4) is 11.4 Å². The Hall–Kier alpha value is -3.49. The van der Waals surface area contributed by atoms with Gasteiger partial charge in [-0.2, -0.15) is 4.68 Å². The first-order chi connectivity index (χ1) is 15.9. The summed E-state index contributed by atoms with van der Waals surface area (Å²) in [5.74, 6) is -0.409. The van der Waals surface area contributed by atoms with E-state index in [4.69, 9.17) is 4.74 Å². The second-order valence-electron chi connectivity index (χ2n) is 8.38. The Morgan fingerprint density at radius 1 is 1.33 bits per heavy atom. The number of carbonyl (C=O) groups excluding carboxylic acids is 1. The fraction of sp³-hybridized carbons (Fsp3) is 0.417. The molecule has 1 aliphatic rings. The zero-order valence-corrected chi connectivity index (χ0v) is 19.1. The third-order valence-electron chi connectivity index (χ3n) is 5.80. The van der Waals surface area contributed by atoms with Crippen molar-refractivity contribution in [1.29, 1.82) is 0 Å². The van der Waals surface area contributed by atoms with E-state index in [2.05, 4.69) is 15.4 Å². The van der Waals surface area contributed by atoms with Gasteiger partial charge < -0.3 is 10.1 Å². The van der Waals surface area contributed by atoms with Crippen LogP contribution in [0.1, 0.15) is 61.3 Å². The molecular formula is C24H28FN5O3. The number of aryl methyl sites for hydroxylation is 2. The second-order valence-corrected chi connectivity index (χ2v) is 8.38. The van der Waals surface area contributed by atoms with Crippen molar-refractivity contribution in [2.24, 2.45) is 0 Å². The summed E-state index contributed by atoms with van der Waals surface area (Å²) in [4.78, 5) is 30.0. The van der Waals surface area contributed by atoms with Gasteiger partial charge in [0.1, 0.15) is 23.1 Å². The highest BCUT2D eigenvalue weighted by Gasteiger charge is 2.24. The predicted octanol–water partition coefficient (Wildman–Crippen LogP) is 4.03. The molecule has 1 aliphatic heterocycles. The molecule has 0 unspecified atom stereocenters. The van der Waals surface area contributed by atoms with Crippen LogP contribution in [0.2, 0.25) is 0 Å². The number of hydrogen-bond acceptors (Lipinski definition) is 5. The molecule has 174 valence electrons. The molecule has 1 atom stereocenters. The van der Waals surface area contributed by atoms with Crippen LogP contribution >= 0.6 is 0 Å². The van der Waals surface area contributed by atoms with E-state index in [9.17, 15) is 9.59 Å². The second kappa shape index (κ2) is 9.56. The number of nitrogens with zero attached hydrogens (tertiary/aromatic N) is 4. The molecule has 3 heterocycles. The number of hydrogen-bond donors (Lipinski definition) is 1. The van der Waals surface area contributed by atoms with Crippen LogP contribution in [0, 0.1) is 12.7 Å². The van der Waals surface area contributed by atoms with Crippen LogP contribution in [0.3, 0.4) is 0 Å². The molecule has 0 radical (unpaired) electrons. The van der Waals surface area contributed by atoms with Crippen molar-refractivity contribution < 1.29 is 13.9 Å². The number of anilines is 1. The lowest BCUT2D eigenvalue weighted by Gasteiger charge is -2.18. The molecule has 9 heteroatoms. The van der Waals surface area contributed by atoms with Gasteiger partial charge in [0.15, 0.2) is 0 Å². The van der Waals surface area contributed by atoms with Gasteiger partial charge in [-0.3, -0.25) is 14.3 Å². The molecule has 0 saturated carbocycles. The Bertz CT molecular complexity index is 1230. The van der Waals surface area contributed by atoms with E-state index >= 15 is 4.39 Å². The standard InChI is InChI=1S/C24H28FN5O3/c1-4-7-16(3)33-21-13-20(30-24(32)29-11-6-5-8-22(29)28-30)18(25)12-17(21)23(31)27-19-14-26-10-9-15(19)2/h9-10,12-14,16H,4-8,11H2,1-3H3,(H,27,31)/t16-/m0/s1. The van der Waals surface area contributed by atoms with Gasteiger partial charge in [0.05, 0.1) is 23.6 Å². The molecule has 0 spiro atoms. The highest BCUT2D eigenvalue weighted by Crippen LogP contribution is 2.28. The maximum atomic E-state index is 15.3. The van der Waals surface area contributed by atoms with Crippen molar-refractivity contribution in [3.05, 3.63) is 63.8 Å². The fourth-order valence-electron chi connectivity index (χ4n) is 4.00. The Kier molecular flexibility index (Phi) is 6.57. The first-order valence-corrected chi connectivity index (χ1v) is 11.3. The molecule has 0 bridgehead atoms. The van der Waals surface area contributed by atoms with Gasteiger partial charge in [-0.05, 0) is 50.8 Å². The molecule has 1 N–H and O–H groups in total. The summed E-state index contributed by atoms with van der Waals surface area (Å²) in [6, 6.07) is 4.27. The average Bonchev–Trinajstić information content (AvgIpc) is 3.13. The summed E-state index contributed by atoms with van der Waals surface area (Å²) in [5.41, 5.74) is 0.971. The van der Waals surface area contributed by atoms with Gasteiger partial charge in [-0.1, -0.05) is 13.3 Å². The van der Waals surface area contributed by atoms with Crippen LogP contribution in [0.25, 0.3) is 5.69 Å². The Morgan fingerprint density at radius 2 is 2.15 bits per heavy atom. The average molecular weight is 454 g/mol. The molecule has 4 rings (SSSR count). The lowest BCUT2D eigenvalue weighted by Crippen LogP contribution is -2.27. The maximum absolute atomic E-state index is 15.3. The smallest absolute Gasteiger partial charge is 0.350 e. The van der Waals surface area contributed by atoms with E-state index in [1.807, 2.05) is 20.8 Å². The first kappa shape index (κ1) is 22.7. The van der Waals surface area contributed by atoms with E-state index < -0.39 is 11.7 Å². The maximum Gasteiger partial charge on any atom is 0.350 e. The molecule has 1 aromatic carbocycles. The van der Waals surface area contributed by atoms with Gasteiger partial charge >= 0.3 is 5.69 Å². The molecule has 1 amide bonds. The normalized spacial score (nSPS) is 13.9. The number of aromatic nitrogens is 4. The van der Waals surface area contributed by atoms with Crippen LogP contribution in [0.5, 0.6) is 5.75 Å². The van der Waals surface area contributed by atoms with Crippen LogP contribution in [0.15, 0.2) is 35.4 Å². The largest absolute Gasteiger partial charge is 0.490 e. The molecule has 3 aromatic rings. The predicted molar refractivity (Wildman–Crippen MR) is 123 cm³/mol. The molecule has 0 saturated heterocycles. The lowest BCUT2D eigenvalue weighted by atomic mass is 10.1. The lowest BCUT2D eigenvalue weighted by molar-refractivity contribution is 0.101. The molecular weight excluding hydrogens is 425 g/mol. The monoisotopic (exact) mass is 453 g/mol. The van der Waals surface area contributed by atoms with E-state index in [1.165, 1.54) is 12.3 Å². The number of amides is 1. The van der Waals surface area contributed by atoms with Gasteiger partial charge in [-0.25, -0.2) is 9.18 Å². The van der Waals surface area contributed by atoms with Crippen LogP contribution < -0.4 is 15.7 Å². The quantitative estimate of drug-likeness (QED) is 0.583. The third-order valence-corrected chi connectivity index (χ3v) is 5.80. The first-order valence-electron chi connectivity index (χ1n) is 11.3. The highest BCUT2D eigenvalue weighted by molar-refractivity contribution is 6.06. The minimum atomic E-state index is -0.726. The number of benzene rings is 1. The number of ether oxygens (including phenoxy) is 1. The zero-order valence-electron chi connectivity index (χ0n) is 19.1. The van der Waals surface area contributed by atoms with Crippen molar-refractivity contribution in [2.45, 2.75) is 65.5 Å². The van der Waals surface area contributed by atoms with E-state index in [0.29, 0.717) is 24.5 Å². The fourth-order valence-corrected chi connectivity index (χ4v) is 4.00. The SMILES string of the molecule is CCC[C@H](C)Oc1cc(-n2nc3n(c2=O)CCCC3)c(F)cc1C(=O)Nc1cnccc1C. The summed E-state index contributed by atoms with van der Waals surface area (Å²) in [6.07, 6.45) is 7.10. The Balaban J connectivity index is 1.76. The summed E-state index contributed by atoms with van der Waals surface area (Å²) in [5, 5.41) is 7.13. The molecule has 2 aromatic heterocycles. The molecule has 0 aliphatic carbocycles. The van der Waals surface area contributed by atoms with Gasteiger partial charge in [0, 0.05) is 25.2 Å². The number of rotatable bonds is 7. The van der Waals surface area contributed by atoms with E-state index in [1.54, 1.807) is 16.8 Å². The van der Waals surface area contributed by atoms with Crippen LogP contribution in [-0.2, 0) is 13.0 Å².